The van der Waals surface area contributed by atoms with Gasteiger partial charge in [-0.1, -0.05) is 18.2 Å². The molecule has 0 radical (unpaired) electrons. The Morgan fingerprint density at radius 3 is 2.57 bits per heavy atom. The van der Waals surface area contributed by atoms with Crippen LogP contribution in [0.2, 0.25) is 0 Å². The van der Waals surface area contributed by atoms with E-state index in [1.165, 1.54) is 18.2 Å². The zero-order chi connectivity index (χ0) is 20.7. The molecule has 0 fully saturated rings. The first-order valence-electron chi connectivity index (χ1n) is 8.42. The number of amides is 1. The van der Waals surface area contributed by atoms with Crippen molar-refractivity contribution >= 4 is 23.3 Å². The standard InChI is InChI=1S/C19H20FN3O5/c1-22(2)17-8-7-14(23(26)27)11-15(17)19(25)28-12-18(24)21-10-9-13-5-3-4-6-16(13)20/h3-8,11H,9-10,12H2,1-2H3,(H,21,24). The van der Waals surface area contributed by atoms with Gasteiger partial charge >= 0.3 is 5.97 Å². The quantitative estimate of drug-likeness (QED) is 0.422. The molecule has 0 aliphatic rings. The maximum atomic E-state index is 13.5. The van der Waals surface area contributed by atoms with Gasteiger partial charge in [-0.3, -0.25) is 14.9 Å². The van der Waals surface area contributed by atoms with Crippen LogP contribution in [0.1, 0.15) is 15.9 Å². The SMILES string of the molecule is CN(C)c1ccc([N+](=O)[O-])cc1C(=O)OCC(=O)NCCc1ccccc1F. The van der Waals surface area contributed by atoms with Gasteiger partial charge in [0.1, 0.15) is 5.82 Å². The molecule has 0 bridgehead atoms. The second kappa shape index (κ2) is 9.45. The monoisotopic (exact) mass is 389 g/mol. The molecule has 1 amide bonds. The molecule has 0 aliphatic carbocycles. The van der Waals surface area contributed by atoms with Crippen LogP contribution in [0, 0.1) is 15.9 Å². The van der Waals surface area contributed by atoms with E-state index in [0.717, 1.165) is 6.07 Å². The van der Waals surface area contributed by atoms with Crippen LogP contribution in [0.4, 0.5) is 15.8 Å². The summed E-state index contributed by atoms with van der Waals surface area (Å²) >= 11 is 0. The van der Waals surface area contributed by atoms with Gasteiger partial charge in [-0.25, -0.2) is 9.18 Å². The maximum absolute atomic E-state index is 13.5. The van der Waals surface area contributed by atoms with Gasteiger partial charge in [0, 0.05) is 32.8 Å². The Hall–Kier alpha value is -3.49. The van der Waals surface area contributed by atoms with Crippen molar-refractivity contribution in [1.29, 1.82) is 0 Å². The number of nitro groups is 1. The number of nitrogens with zero attached hydrogens (tertiary/aromatic N) is 2. The van der Waals surface area contributed by atoms with Crippen molar-refractivity contribution in [1.82, 2.24) is 5.32 Å². The molecule has 0 aliphatic heterocycles. The number of halogens is 1. The number of nitro benzene ring substituents is 1. The Bertz CT molecular complexity index is 886. The highest BCUT2D eigenvalue weighted by atomic mass is 19.1. The van der Waals surface area contributed by atoms with E-state index in [9.17, 15) is 24.1 Å². The average Bonchev–Trinajstić information content (AvgIpc) is 2.67. The molecule has 0 spiro atoms. The van der Waals surface area contributed by atoms with E-state index in [0.29, 0.717) is 17.7 Å². The molecule has 0 atom stereocenters. The zero-order valence-corrected chi connectivity index (χ0v) is 15.5. The number of rotatable bonds is 8. The van der Waals surface area contributed by atoms with Crippen LogP contribution in [0.15, 0.2) is 42.5 Å². The lowest BCUT2D eigenvalue weighted by molar-refractivity contribution is -0.384. The zero-order valence-electron chi connectivity index (χ0n) is 15.5. The molecule has 1 N–H and O–H groups in total. The minimum atomic E-state index is -0.850. The van der Waals surface area contributed by atoms with Crippen molar-refractivity contribution in [2.24, 2.45) is 0 Å². The number of carbonyl (C=O) groups excluding carboxylic acids is 2. The number of hydrogen-bond acceptors (Lipinski definition) is 6. The summed E-state index contributed by atoms with van der Waals surface area (Å²) in [6.07, 6.45) is 0.294. The summed E-state index contributed by atoms with van der Waals surface area (Å²) in [5.74, 6) is -1.76. The number of hydrogen-bond donors (Lipinski definition) is 1. The summed E-state index contributed by atoms with van der Waals surface area (Å²) < 4.78 is 18.5. The Morgan fingerprint density at radius 1 is 1.21 bits per heavy atom. The molecule has 9 heteroatoms. The third-order valence-corrected chi connectivity index (χ3v) is 3.90. The van der Waals surface area contributed by atoms with Gasteiger partial charge in [0.2, 0.25) is 0 Å². The molecule has 8 nitrogen and oxygen atoms in total. The van der Waals surface area contributed by atoms with Gasteiger partial charge in [0.15, 0.2) is 6.61 Å². The topological polar surface area (TPSA) is 102 Å². The normalized spacial score (nSPS) is 10.2. The van der Waals surface area contributed by atoms with E-state index in [4.69, 9.17) is 4.74 Å². The lowest BCUT2D eigenvalue weighted by Crippen LogP contribution is -2.30. The van der Waals surface area contributed by atoms with E-state index in [-0.39, 0.29) is 23.6 Å². The first kappa shape index (κ1) is 20.8. The molecule has 2 rings (SSSR count). The molecule has 0 aromatic heterocycles. The number of esters is 1. The predicted octanol–water partition coefficient (Wildman–Crippen LogP) is 2.32. The number of benzene rings is 2. The van der Waals surface area contributed by atoms with Gasteiger partial charge in [-0.2, -0.15) is 0 Å². The molecule has 2 aromatic rings. The van der Waals surface area contributed by atoms with Gasteiger partial charge in [-0.05, 0) is 24.1 Å². The third-order valence-electron chi connectivity index (χ3n) is 3.90. The first-order chi connectivity index (χ1) is 13.3. The summed E-state index contributed by atoms with van der Waals surface area (Å²) in [6, 6.07) is 10.0. The lowest BCUT2D eigenvalue weighted by Gasteiger charge is -2.16. The minimum Gasteiger partial charge on any atom is -0.452 e. The van der Waals surface area contributed by atoms with Crippen LogP contribution in [-0.4, -0.2) is 44.0 Å². The molecule has 0 heterocycles. The van der Waals surface area contributed by atoms with Crippen molar-refractivity contribution in [2.75, 3.05) is 32.1 Å². The average molecular weight is 389 g/mol. The molecule has 148 valence electrons. The summed E-state index contributed by atoms with van der Waals surface area (Å²) in [5.41, 5.74) is 0.618. The fraction of sp³-hybridized carbons (Fsp3) is 0.263. The van der Waals surface area contributed by atoms with Crippen molar-refractivity contribution in [3.8, 4) is 0 Å². The van der Waals surface area contributed by atoms with Crippen molar-refractivity contribution < 1.29 is 23.6 Å². The number of nitrogens with one attached hydrogen (secondary N) is 1. The molecule has 28 heavy (non-hydrogen) atoms. The van der Waals surface area contributed by atoms with Crippen LogP contribution in [0.25, 0.3) is 0 Å². The molecular formula is C19H20FN3O5. The van der Waals surface area contributed by atoms with E-state index >= 15 is 0 Å². The van der Waals surface area contributed by atoms with Crippen LogP contribution >= 0.6 is 0 Å². The largest absolute Gasteiger partial charge is 0.452 e. The third kappa shape index (κ3) is 5.50. The number of anilines is 1. The molecule has 0 saturated heterocycles. The van der Waals surface area contributed by atoms with Crippen LogP contribution in [0.3, 0.4) is 0 Å². The van der Waals surface area contributed by atoms with Gasteiger partial charge in [-0.15, -0.1) is 0 Å². The molecule has 0 saturated carbocycles. The number of carbonyl (C=O) groups is 2. The maximum Gasteiger partial charge on any atom is 0.341 e. The minimum absolute atomic E-state index is 0.0154. The summed E-state index contributed by atoms with van der Waals surface area (Å²) in [4.78, 5) is 36.1. The van der Waals surface area contributed by atoms with Crippen LogP contribution < -0.4 is 10.2 Å². The fourth-order valence-corrected chi connectivity index (χ4v) is 2.49. The molecule has 2 aromatic carbocycles. The second-order valence-corrected chi connectivity index (χ2v) is 6.12. The first-order valence-corrected chi connectivity index (χ1v) is 8.42. The van der Waals surface area contributed by atoms with Crippen molar-refractivity contribution in [3.63, 3.8) is 0 Å². The summed E-state index contributed by atoms with van der Waals surface area (Å²) in [5, 5.41) is 13.5. The van der Waals surface area contributed by atoms with Crippen LogP contribution in [-0.2, 0) is 16.0 Å². The van der Waals surface area contributed by atoms with Gasteiger partial charge in [0.25, 0.3) is 11.6 Å². The lowest BCUT2D eigenvalue weighted by atomic mass is 10.1. The van der Waals surface area contributed by atoms with Crippen molar-refractivity contribution in [2.45, 2.75) is 6.42 Å². The van der Waals surface area contributed by atoms with E-state index in [1.807, 2.05) is 0 Å². The van der Waals surface area contributed by atoms with E-state index in [1.54, 1.807) is 37.2 Å². The highest BCUT2D eigenvalue weighted by Crippen LogP contribution is 2.24. The van der Waals surface area contributed by atoms with E-state index < -0.39 is 23.4 Å². The van der Waals surface area contributed by atoms with Gasteiger partial charge in [0.05, 0.1) is 16.2 Å². The van der Waals surface area contributed by atoms with Crippen molar-refractivity contribution in [3.05, 3.63) is 69.5 Å². The number of non-ortho nitro benzene ring substituents is 1. The Labute approximate surface area is 161 Å². The summed E-state index contributed by atoms with van der Waals surface area (Å²) in [7, 11) is 3.35. The highest BCUT2D eigenvalue weighted by Gasteiger charge is 2.20. The van der Waals surface area contributed by atoms with Crippen LogP contribution in [0.5, 0.6) is 0 Å². The Balaban J connectivity index is 1.92. The fourth-order valence-electron chi connectivity index (χ4n) is 2.49. The smallest absolute Gasteiger partial charge is 0.341 e. The Kier molecular flexibility index (Phi) is 7.02. The second-order valence-electron chi connectivity index (χ2n) is 6.12. The highest BCUT2D eigenvalue weighted by molar-refractivity contribution is 5.97. The molecular weight excluding hydrogens is 369 g/mol. The van der Waals surface area contributed by atoms with Gasteiger partial charge < -0.3 is 15.0 Å². The number of ether oxygens (including phenoxy) is 1. The molecule has 0 unspecified atom stereocenters. The Morgan fingerprint density at radius 2 is 1.93 bits per heavy atom. The predicted molar refractivity (Wildman–Crippen MR) is 101 cm³/mol. The van der Waals surface area contributed by atoms with E-state index in [2.05, 4.69) is 5.32 Å². The summed E-state index contributed by atoms with van der Waals surface area (Å²) in [6.45, 7) is -0.372.